The Morgan fingerprint density at radius 1 is 1.47 bits per heavy atom. The third-order valence-corrected chi connectivity index (χ3v) is 4.83. The van der Waals surface area contributed by atoms with Gasteiger partial charge in [-0.05, 0) is 13.8 Å². The minimum absolute atomic E-state index is 0.0433. The standard InChI is InChI=1S/C10H18N4O2S/c1-8-5-14(9(2)4-11-8)17(15,16)10-6-13(3)7-12-10/h6-9,11H,4-5H2,1-3H3. The number of aromatic nitrogens is 2. The fourth-order valence-electron chi connectivity index (χ4n) is 1.97. The van der Waals surface area contributed by atoms with Gasteiger partial charge in [-0.15, -0.1) is 0 Å². The summed E-state index contributed by atoms with van der Waals surface area (Å²) in [7, 11) is -1.70. The highest BCUT2D eigenvalue weighted by atomic mass is 32.2. The number of nitrogens with one attached hydrogen (secondary N) is 1. The average Bonchev–Trinajstić information content (AvgIpc) is 2.69. The van der Waals surface area contributed by atoms with E-state index in [1.165, 1.54) is 16.8 Å². The van der Waals surface area contributed by atoms with Crippen LogP contribution in [0.2, 0.25) is 0 Å². The fourth-order valence-corrected chi connectivity index (χ4v) is 3.65. The molecule has 0 aromatic carbocycles. The second-order valence-corrected chi connectivity index (χ2v) is 6.45. The van der Waals surface area contributed by atoms with Gasteiger partial charge in [0.1, 0.15) is 0 Å². The molecule has 0 bridgehead atoms. The molecule has 17 heavy (non-hydrogen) atoms. The Bertz CT molecular complexity index is 496. The first kappa shape index (κ1) is 12.5. The van der Waals surface area contributed by atoms with Crippen LogP contribution < -0.4 is 5.32 Å². The number of aryl methyl sites for hydroxylation is 1. The summed E-state index contributed by atoms with van der Waals surface area (Å²) < 4.78 is 27.9. The van der Waals surface area contributed by atoms with Gasteiger partial charge in [0.15, 0.2) is 5.03 Å². The normalized spacial score (nSPS) is 27.2. The van der Waals surface area contributed by atoms with Gasteiger partial charge in [-0.1, -0.05) is 0 Å². The van der Waals surface area contributed by atoms with E-state index in [1.54, 1.807) is 11.6 Å². The molecule has 0 radical (unpaired) electrons. The van der Waals surface area contributed by atoms with E-state index in [-0.39, 0.29) is 17.1 Å². The predicted molar refractivity (Wildman–Crippen MR) is 64.0 cm³/mol. The molecule has 1 fully saturated rings. The van der Waals surface area contributed by atoms with Crippen LogP contribution in [0.3, 0.4) is 0 Å². The molecule has 1 aliphatic heterocycles. The van der Waals surface area contributed by atoms with E-state index < -0.39 is 10.0 Å². The zero-order valence-electron chi connectivity index (χ0n) is 10.3. The molecule has 96 valence electrons. The molecule has 6 nitrogen and oxygen atoms in total. The van der Waals surface area contributed by atoms with Crippen molar-refractivity contribution in [2.45, 2.75) is 31.0 Å². The molecule has 1 N–H and O–H groups in total. The molecule has 2 rings (SSSR count). The topological polar surface area (TPSA) is 67.2 Å². The van der Waals surface area contributed by atoms with Crippen molar-refractivity contribution in [2.75, 3.05) is 13.1 Å². The second-order valence-electron chi connectivity index (χ2n) is 4.61. The van der Waals surface area contributed by atoms with Crippen molar-refractivity contribution in [1.29, 1.82) is 0 Å². The predicted octanol–water partition coefficient (Wildman–Crippen LogP) is -0.209. The van der Waals surface area contributed by atoms with E-state index in [0.29, 0.717) is 13.1 Å². The van der Waals surface area contributed by atoms with Crippen molar-refractivity contribution in [2.24, 2.45) is 7.05 Å². The lowest BCUT2D eigenvalue weighted by atomic mass is 10.2. The molecule has 1 saturated heterocycles. The first-order valence-corrected chi connectivity index (χ1v) is 7.08. The summed E-state index contributed by atoms with van der Waals surface area (Å²) in [5.41, 5.74) is 0. The van der Waals surface area contributed by atoms with Gasteiger partial charge in [0.25, 0.3) is 10.0 Å². The lowest BCUT2D eigenvalue weighted by Gasteiger charge is -2.35. The molecule has 0 saturated carbocycles. The van der Waals surface area contributed by atoms with Gasteiger partial charge < -0.3 is 9.88 Å². The van der Waals surface area contributed by atoms with Gasteiger partial charge in [0.05, 0.1) is 6.33 Å². The Morgan fingerprint density at radius 3 is 2.76 bits per heavy atom. The Hall–Kier alpha value is -0.920. The smallest absolute Gasteiger partial charge is 0.262 e. The maximum Gasteiger partial charge on any atom is 0.262 e. The summed E-state index contributed by atoms with van der Waals surface area (Å²) in [6, 6.07) is 0.128. The van der Waals surface area contributed by atoms with Crippen LogP contribution in [0, 0.1) is 0 Å². The molecule has 1 aromatic rings. The lowest BCUT2D eigenvalue weighted by molar-refractivity contribution is 0.244. The summed E-state index contributed by atoms with van der Waals surface area (Å²) >= 11 is 0. The molecule has 0 aliphatic carbocycles. The van der Waals surface area contributed by atoms with Crippen molar-refractivity contribution >= 4 is 10.0 Å². The SMILES string of the molecule is CC1CN(S(=O)(=O)c2cn(C)cn2)C(C)CN1. The number of imidazole rings is 1. The highest BCUT2D eigenvalue weighted by Gasteiger charge is 2.34. The van der Waals surface area contributed by atoms with Gasteiger partial charge in [0.2, 0.25) is 0 Å². The monoisotopic (exact) mass is 258 g/mol. The molecule has 1 aliphatic rings. The number of hydrogen-bond acceptors (Lipinski definition) is 4. The van der Waals surface area contributed by atoms with Crippen molar-refractivity contribution in [3.63, 3.8) is 0 Å². The minimum Gasteiger partial charge on any atom is -0.339 e. The van der Waals surface area contributed by atoms with Crippen molar-refractivity contribution < 1.29 is 8.42 Å². The second kappa shape index (κ2) is 4.40. The lowest BCUT2D eigenvalue weighted by Crippen LogP contribution is -2.56. The van der Waals surface area contributed by atoms with Crippen molar-refractivity contribution in [1.82, 2.24) is 19.2 Å². The summed E-state index contributed by atoms with van der Waals surface area (Å²) in [6.07, 6.45) is 3.04. The zero-order valence-corrected chi connectivity index (χ0v) is 11.1. The van der Waals surface area contributed by atoms with E-state index in [9.17, 15) is 8.42 Å². The molecule has 2 atom stereocenters. The number of hydrogen-bond donors (Lipinski definition) is 1. The summed E-state index contributed by atoms with van der Waals surface area (Å²) in [5, 5.41) is 3.38. The Balaban J connectivity index is 2.31. The maximum absolute atomic E-state index is 12.4. The number of sulfonamides is 1. The van der Waals surface area contributed by atoms with Crippen LogP contribution in [0.1, 0.15) is 13.8 Å². The van der Waals surface area contributed by atoms with Gasteiger partial charge >= 0.3 is 0 Å². The molecular weight excluding hydrogens is 240 g/mol. The van der Waals surface area contributed by atoms with Gasteiger partial charge in [-0.2, -0.15) is 4.31 Å². The van der Waals surface area contributed by atoms with Gasteiger partial charge in [-0.3, -0.25) is 0 Å². The third-order valence-electron chi connectivity index (χ3n) is 2.96. The highest BCUT2D eigenvalue weighted by Crippen LogP contribution is 2.18. The van der Waals surface area contributed by atoms with Crippen LogP contribution in [-0.4, -0.2) is 47.4 Å². The quantitative estimate of drug-likeness (QED) is 0.797. The number of rotatable bonds is 2. The minimum atomic E-state index is -3.46. The first-order valence-electron chi connectivity index (χ1n) is 5.64. The van der Waals surface area contributed by atoms with Crippen molar-refractivity contribution in [3.8, 4) is 0 Å². The average molecular weight is 258 g/mol. The molecule has 2 unspecified atom stereocenters. The fraction of sp³-hybridized carbons (Fsp3) is 0.700. The molecule has 2 heterocycles. The Morgan fingerprint density at radius 2 is 2.18 bits per heavy atom. The molecule has 0 spiro atoms. The Kier molecular flexibility index (Phi) is 3.24. The third kappa shape index (κ3) is 2.36. The van der Waals surface area contributed by atoms with Crippen LogP contribution in [0.15, 0.2) is 17.6 Å². The zero-order chi connectivity index (χ0) is 12.6. The van der Waals surface area contributed by atoms with E-state index in [2.05, 4.69) is 10.3 Å². The molecule has 7 heteroatoms. The largest absolute Gasteiger partial charge is 0.339 e. The maximum atomic E-state index is 12.4. The highest BCUT2D eigenvalue weighted by molar-refractivity contribution is 7.89. The van der Waals surface area contributed by atoms with Crippen LogP contribution >= 0.6 is 0 Å². The molecule has 0 amide bonds. The van der Waals surface area contributed by atoms with E-state index >= 15 is 0 Å². The van der Waals surface area contributed by atoms with Gasteiger partial charge in [0, 0.05) is 38.4 Å². The number of piperazine rings is 1. The molecule has 1 aromatic heterocycles. The van der Waals surface area contributed by atoms with Crippen molar-refractivity contribution in [3.05, 3.63) is 12.5 Å². The Labute approximate surface area is 102 Å². The summed E-state index contributed by atoms with van der Waals surface area (Å²) in [5.74, 6) is 0. The molecular formula is C10H18N4O2S. The first-order chi connectivity index (χ1) is 7.91. The van der Waals surface area contributed by atoms with E-state index in [4.69, 9.17) is 0 Å². The van der Waals surface area contributed by atoms with E-state index in [1.807, 2.05) is 13.8 Å². The van der Waals surface area contributed by atoms with Crippen LogP contribution in [0.5, 0.6) is 0 Å². The summed E-state index contributed by atoms with van der Waals surface area (Å²) in [4.78, 5) is 3.94. The van der Waals surface area contributed by atoms with Crippen LogP contribution in [0.4, 0.5) is 0 Å². The number of nitrogens with zero attached hydrogens (tertiary/aromatic N) is 3. The van der Waals surface area contributed by atoms with Gasteiger partial charge in [-0.25, -0.2) is 13.4 Å². The van der Waals surface area contributed by atoms with Crippen LogP contribution in [0.25, 0.3) is 0 Å². The van der Waals surface area contributed by atoms with Crippen LogP contribution in [-0.2, 0) is 17.1 Å². The van der Waals surface area contributed by atoms with E-state index in [0.717, 1.165) is 0 Å². The summed E-state index contributed by atoms with van der Waals surface area (Å²) in [6.45, 7) is 5.04.